The molecule has 2 unspecified atom stereocenters. The molecule has 5 heteroatoms. The van der Waals surface area contributed by atoms with E-state index in [9.17, 15) is 9.18 Å². The minimum atomic E-state index is -0.280. The second kappa shape index (κ2) is 6.44. The molecule has 2 atom stereocenters. The Kier molecular flexibility index (Phi) is 4.60. The number of amides is 1. The minimum absolute atomic E-state index is 0.0671. The number of piperidine rings is 1. The summed E-state index contributed by atoms with van der Waals surface area (Å²) in [5, 5.41) is 6.49. The van der Waals surface area contributed by atoms with E-state index in [-0.39, 0.29) is 11.7 Å². The first-order chi connectivity index (χ1) is 10.1. The Balaban J connectivity index is 1.49. The number of benzene rings is 1. The molecule has 2 aliphatic rings. The Morgan fingerprint density at radius 3 is 2.76 bits per heavy atom. The summed E-state index contributed by atoms with van der Waals surface area (Å²) in [7, 11) is 0. The van der Waals surface area contributed by atoms with Crippen LogP contribution in [0.15, 0.2) is 22.7 Å². The highest BCUT2D eigenvalue weighted by Gasteiger charge is 2.34. The maximum Gasteiger partial charge on any atom is 0.220 e. The van der Waals surface area contributed by atoms with Gasteiger partial charge in [0.15, 0.2) is 0 Å². The number of rotatable bonds is 4. The molecule has 3 rings (SSSR count). The SMILES string of the molecule is O=C(CC1CC2CCC(C1)N2)NCc1cc(F)ccc1Br. The summed E-state index contributed by atoms with van der Waals surface area (Å²) in [5.41, 5.74) is 0.772. The summed E-state index contributed by atoms with van der Waals surface area (Å²) < 4.78 is 14.0. The van der Waals surface area contributed by atoms with Gasteiger partial charge in [-0.3, -0.25) is 4.79 Å². The van der Waals surface area contributed by atoms with Gasteiger partial charge in [0, 0.05) is 29.5 Å². The Hall–Kier alpha value is -0.940. The zero-order chi connectivity index (χ0) is 14.8. The van der Waals surface area contributed by atoms with Crippen LogP contribution < -0.4 is 10.6 Å². The molecule has 0 radical (unpaired) electrons. The van der Waals surface area contributed by atoms with Gasteiger partial charge in [-0.15, -0.1) is 0 Å². The molecule has 2 N–H and O–H groups in total. The molecule has 2 heterocycles. The van der Waals surface area contributed by atoms with Crippen LogP contribution in [-0.4, -0.2) is 18.0 Å². The Morgan fingerprint density at radius 2 is 2.05 bits per heavy atom. The Labute approximate surface area is 132 Å². The van der Waals surface area contributed by atoms with Crippen molar-refractivity contribution in [2.24, 2.45) is 5.92 Å². The van der Waals surface area contributed by atoms with E-state index < -0.39 is 0 Å². The lowest BCUT2D eigenvalue weighted by atomic mass is 9.89. The van der Waals surface area contributed by atoms with Crippen LogP contribution in [-0.2, 0) is 11.3 Å². The lowest BCUT2D eigenvalue weighted by Crippen LogP contribution is -2.39. The van der Waals surface area contributed by atoms with E-state index in [1.807, 2.05) is 0 Å². The molecule has 114 valence electrons. The average Bonchev–Trinajstić information content (AvgIpc) is 2.79. The fourth-order valence-corrected chi connectivity index (χ4v) is 3.94. The fraction of sp³-hybridized carbons (Fsp3) is 0.562. The summed E-state index contributed by atoms with van der Waals surface area (Å²) in [6, 6.07) is 5.74. The van der Waals surface area contributed by atoms with E-state index in [1.54, 1.807) is 6.07 Å². The van der Waals surface area contributed by atoms with Gasteiger partial charge >= 0.3 is 0 Å². The van der Waals surface area contributed by atoms with Gasteiger partial charge in [-0.2, -0.15) is 0 Å². The van der Waals surface area contributed by atoms with Gasteiger partial charge in [-0.25, -0.2) is 4.39 Å². The molecule has 0 aliphatic carbocycles. The maximum absolute atomic E-state index is 13.2. The number of carbonyl (C=O) groups excluding carboxylic acids is 1. The molecule has 1 amide bonds. The molecule has 21 heavy (non-hydrogen) atoms. The molecule has 0 saturated carbocycles. The zero-order valence-electron chi connectivity index (χ0n) is 11.9. The van der Waals surface area contributed by atoms with Gasteiger partial charge in [0.1, 0.15) is 5.82 Å². The highest BCUT2D eigenvalue weighted by molar-refractivity contribution is 9.10. The quantitative estimate of drug-likeness (QED) is 0.871. The third-order valence-corrected chi connectivity index (χ3v) is 5.30. The van der Waals surface area contributed by atoms with E-state index in [0.717, 1.165) is 22.9 Å². The molecule has 1 aromatic carbocycles. The van der Waals surface area contributed by atoms with Crippen LogP contribution in [0.4, 0.5) is 4.39 Å². The van der Waals surface area contributed by atoms with Crippen molar-refractivity contribution < 1.29 is 9.18 Å². The first-order valence-corrected chi connectivity index (χ1v) is 8.36. The lowest BCUT2D eigenvalue weighted by Gasteiger charge is -2.28. The second-order valence-corrected chi connectivity index (χ2v) is 7.05. The van der Waals surface area contributed by atoms with Crippen LogP contribution in [0, 0.1) is 11.7 Å². The summed E-state index contributed by atoms with van der Waals surface area (Å²) >= 11 is 3.38. The van der Waals surface area contributed by atoms with Crippen molar-refractivity contribution in [1.29, 1.82) is 0 Å². The molecule has 2 fully saturated rings. The van der Waals surface area contributed by atoms with E-state index in [2.05, 4.69) is 26.6 Å². The van der Waals surface area contributed by atoms with Crippen LogP contribution in [0.5, 0.6) is 0 Å². The molecular weight excluding hydrogens is 335 g/mol. The number of nitrogens with one attached hydrogen (secondary N) is 2. The number of carbonyl (C=O) groups is 1. The maximum atomic E-state index is 13.2. The van der Waals surface area contributed by atoms with Crippen LogP contribution in [0.3, 0.4) is 0 Å². The lowest BCUT2D eigenvalue weighted by molar-refractivity contribution is -0.122. The number of hydrogen-bond donors (Lipinski definition) is 2. The first kappa shape index (κ1) is 15.0. The third-order valence-electron chi connectivity index (χ3n) is 4.53. The zero-order valence-corrected chi connectivity index (χ0v) is 13.5. The van der Waals surface area contributed by atoms with Gasteiger partial charge in [0.25, 0.3) is 0 Å². The number of fused-ring (bicyclic) bond motifs is 2. The summed E-state index contributed by atoms with van der Waals surface area (Å²) in [4.78, 5) is 12.1. The molecule has 1 aromatic rings. The molecule has 2 bridgehead atoms. The van der Waals surface area contributed by atoms with Crippen molar-refractivity contribution in [2.45, 2.75) is 50.7 Å². The minimum Gasteiger partial charge on any atom is -0.352 e. The average molecular weight is 355 g/mol. The van der Waals surface area contributed by atoms with Crippen molar-refractivity contribution in [2.75, 3.05) is 0 Å². The van der Waals surface area contributed by atoms with Gasteiger partial charge < -0.3 is 10.6 Å². The second-order valence-electron chi connectivity index (χ2n) is 6.19. The van der Waals surface area contributed by atoms with E-state index in [0.29, 0.717) is 31.0 Å². The summed E-state index contributed by atoms with van der Waals surface area (Å²) in [5.74, 6) is 0.273. The highest BCUT2D eigenvalue weighted by Crippen LogP contribution is 2.32. The molecule has 0 spiro atoms. The predicted molar refractivity (Wildman–Crippen MR) is 83.2 cm³/mol. The van der Waals surface area contributed by atoms with Gasteiger partial charge in [0.2, 0.25) is 5.91 Å². The third kappa shape index (κ3) is 3.83. The van der Waals surface area contributed by atoms with E-state index in [1.165, 1.54) is 25.0 Å². The van der Waals surface area contributed by atoms with Crippen molar-refractivity contribution in [3.8, 4) is 0 Å². The van der Waals surface area contributed by atoms with Crippen molar-refractivity contribution >= 4 is 21.8 Å². The summed E-state index contributed by atoms with van der Waals surface area (Å²) in [6.45, 7) is 0.370. The molecule has 0 aromatic heterocycles. The number of hydrogen-bond acceptors (Lipinski definition) is 2. The smallest absolute Gasteiger partial charge is 0.220 e. The van der Waals surface area contributed by atoms with Crippen LogP contribution in [0.2, 0.25) is 0 Å². The Morgan fingerprint density at radius 1 is 1.33 bits per heavy atom. The van der Waals surface area contributed by atoms with Crippen LogP contribution in [0.1, 0.15) is 37.7 Å². The summed E-state index contributed by atoms with van der Waals surface area (Å²) in [6.07, 6.45) is 5.29. The van der Waals surface area contributed by atoms with Crippen LogP contribution >= 0.6 is 15.9 Å². The van der Waals surface area contributed by atoms with Crippen molar-refractivity contribution in [3.63, 3.8) is 0 Å². The van der Waals surface area contributed by atoms with Gasteiger partial charge in [-0.1, -0.05) is 15.9 Å². The van der Waals surface area contributed by atoms with Crippen molar-refractivity contribution in [1.82, 2.24) is 10.6 Å². The molecular formula is C16H20BrFN2O. The topological polar surface area (TPSA) is 41.1 Å². The number of halogens is 2. The van der Waals surface area contributed by atoms with Gasteiger partial charge in [0.05, 0.1) is 0 Å². The molecule has 3 nitrogen and oxygen atoms in total. The largest absolute Gasteiger partial charge is 0.352 e. The first-order valence-electron chi connectivity index (χ1n) is 7.57. The van der Waals surface area contributed by atoms with Crippen LogP contribution in [0.25, 0.3) is 0 Å². The molecule has 2 aliphatic heterocycles. The standard InChI is InChI=1S/C16H20BrFN2O/c17-15-4-1-12(18)8-11(15)9-19-16(21)7-10-5-13-2-3-14(6-10)20-13/h1,4,8,10,13-14,20H,2-3,5-7,9H2,(H,19,21). The normalized spacial score (nSPS) is 27.6. The monoisotopic (exact) mass is 354 g/mol. The van der Waals surface area contributed by atoms with Gasteiger partial charge in [-0.05, 0) is 55.4 Å². The molecule has 2 saturated heterocycles. The van der Waals surface area contributed by atoms with E-state index >= 15 is 0 Å². The Bertz CT molecular complexity index is 525. The van der Waals surface area contributed by atoms with Crippen molar-refractivity contribution in [3.05, 3.63) is 34.1 Å². The predicted octanol–water partition coefficient (Wildman–Crippen LogP) is 3.13. The van der Waals surface area contributed by atoms with E-state index in [4.69, 9.17) is 0 Å². The highest BCUT2D eigenvalue weighted by atomic mass is 79.9. The fourth-order valence-electron chi connectivity index (χ4n) is 3.55.